The summed E-state index contributed by atoms with van der Waals surface area (Å²) in [7, 11) is 0. The van der Waals surface area contributed by atoms with E-state index in [0.717, 1.165) is 0 Å². The number of nitrogens with zero attached hydrogens (tertiary/aromatic N) is 1. The number of fused-ring (bicyclic) bond motifs is 2. The van der Waals surface area contributed by atoms with Gasteiger partial charge >= 0.3 is 0 Å². The summed E-state index contributed by atoms with van der Waals surface area (Å²) in [5.41, 5.74) is 4.93. The Hall–Kier alpha value is -2.45. The van der Waals surface area contributed by atoms with Crippen molar-refractivity contribution in [2.45, 2.75) is 16.7 Å². The zero-order chi connectivity index (χ0) is 15.6. The van der Waals surface area contributed by atoms with Crippen molar-refractivity contribution in [2.24, 2.45) is 0 Å². The van der Waals surface area contributed by atoms with Crippen LogP contribution in [-0.2, 0) is 0 Å². The molecule has 0 saturated heterocycles. The van der Waals surface area contributed by atoms with Crippen molar-refractivity contribution < 1.29 is 0 Å². The molecular formula is C21H17NS. The molecule has 2 heteroatoms. The van der Waals surface area contributed by atoms with Crippen molar-refractivity contribution in [1.82, 2.24) is 0 Å². The molecule has 0 N–H and O–H groups in total. The largest absolute Gasteiger partial charge is 0.308 e. The summed E-state index contributed by atoms with van der Waals surface area (Å²) in [6.07, 6.45) is 4.23. The number of rotatable bonds is 2. The van der Waals surface area contributed by atoms with Gasteiger partial charge in [-0.15, -0.1) is 0 Å². The Bertz CT molecular complexity index is 868. The summed E-state index contributed by atoms with van der Waals surface area (Å²) in [5, 5.41) is 0. The molecule has 1 aliphatic heterocycles. The van der Waals surface area contributed by atoms with Crippen LogP contribution in [0.2, 0.25) is 0 Å². The third-order valence-corrected chi connectivity index (χ3v) is 5.04. The second kappa shape index (κ2) is 5.98. The molecule has 0 unspecified atom stereocenters. The first-order valence-corrected chi connectivity index (χ1v) is 8.57. The van der Waals surface area contributed by atoms with Crippen LogP contribution in [-0.4, -0.2) is 0 Å². The van der Waals surface area contributed by atoms with Gasteiger partial charge in [-0.2, -0.15) is 0 Å². The monoisotopic (exact) mass is 315 g/mol. The van der Waals surface area contributed by atoms with Crippen LogP contribution in [0.15, 0.2) is 88.7 Å². The lowest BCUT2D eigenvalue weighted by Crippen LogP contribution is -2.14. The van der Waals surface area contributed by atoms with Gasteiger partial charge in [-0.3, -0.25) is 0 Å². The molecule has 0 atom stereocenters. The van der Waals surface area contributed by atoms with Crippen LogP contribution in [0.1, 0.15) is 12.5 Å². The minimum atomic E-state index is 1.19. The second-order valence-electron chi connectivity index (χ2n) is 5.47. The molecule has 0 bridgehead atoms. The zero-order valence-corrected chi connectivity index (χ0v) is 13.8. The first kappa shape index (κ1) is 14.2. The predicted molar refractivity (Wildman–Crippen MR) is 100.0 cm³/mol. The van der Waals surface area contributed by atoms with Crippen LogP contribution in [0.4, 0.5) is 17.1 Å². The molecule has 23 heavy (non-hydrogen) atoms. The third kappa shape index (κ3) is 2.55. The van der Waals surface area contributed by atoms with Gasteiger partial charge in [0.2, 0.25) is 0 Å². The smallest absolute Gasteiger partial charge is 0.0602 e. The molecule has 0 aromatic heterocycles. The summed E-state index contributed by atoms with van der Waals surface area (Å²) in [6, 6.07) is 25.8. The normalized spacial score (nSPS) is 13.0. The Morgan fingerprint density at radius 3 is 2.35 bits per heavy atom. The van der Waals surface area contributed by atoms with Gasteiger partial charge in [-0.25, -0.2) is 0 Å². The van der Waals surface area contributed by atoms with E-state index in [9.17, 15) is 0 Å². The van der Waals surface area contributed by atoms with Gasteiger partial charge in [0.1, 0.15) is 0 Å². The Morgan fingerprint density at radius 1 is 0.783 bits per heavy atom. The summed E-state index contributed by atoms with van der Waals surface area (Å²) in [5.74, 6) is 0. The Morgan fingerprint density at radius 2 is 1.52 bits per heavy atom. The quantitative estimate of drug-likeness (QED) is 0.407. The second-order valence-corrected chi connectivity index (χ2v) is 6.55. The fraction of sp³-hybridized carbons (Fsp3) is 0.0476. The Balaban J connectivity index is 1.92. The van der Waals surface area contributed by atoms with Crippen molar-refractivity contribution in [2.75, 3.05) is 4.90 Å². The number of benzene rings is 3. The summed E-state index contributed by atoms with van der Waals surface area (Å²) in [6.45, 7) is 2.05. The van der Waals surface area contributed by atoms with Crippen molar-refractivity contribution in [3.63, 3.8) is 0 Å². The zero-order valence-electron chi connectivity index (χ0n) is 12.9. The van der Waals surface area contributed by atoms with Crippen LogP contribution in [0, 0.1) is 0 Å². The van der Waals surface area contributed by atoms with E-state index >= 15 is 0 Å². The van der Waals surface area contributed by atoms with E-state index in [0.29, 0.717) is 0 Å². The molecule has 0 radical (unpaired) electrons. The Labute approximate surface area is 141 Å². The van der Waals surface area contributed by atoms with Crippen LogP contribution in [0.25, 0.3) is 6.08 Å². The topological polar surface area (TPSA) is 3.24 Å². The maximum atomic E-state index is 2.35. The fourth-order valence-corrected chi connectivity index (χ4v) is 4.03. The molecule has 0 aliphatic carbocycles. The van der Waals surface area contributed by atoms with E-state index in [-0.39, 0.29) is 0 Å². The minimum Gasteiger partial charge on any atom is -0.308 e. The van der Waals surface area contributed by atoms with E-state index in [1.54, 1.807) is 0 Å². The van der Waals surface area contributed by atoms with Gasteiger partial charge in [0.05, 0.1) is 11.4 Å². The number of hydrogen-bond acceptors (Lipinski definition) is 2. The molecule has 0 amide bonds. The predicted octanol–water partition coefficient (Wildman–Crippen LogP) is 6.65. The highest BCUT2D eigenvalue weighted by molar-refractivity contribution is 7.99. The first-order chi connectivity index (χ1) is 11.4. The number of para-hydroxylation sites is 2. The molecule has 4 rings (SSSR count). The molecule has 1 nitrogen and oxygen atoms in total. The van der Waals surface area contributed by atoms with Crippen molar-refractivity contribution in [1.29, 1.82) is 0 Å². The maximum absolute atomic E-state index is 2.35. The number of allylic oxidation sites excluding steroid dienone is 1. The standard InChI is InChI=1S/C21H17NS/c1-2-8-16-13-14-19-21(15-16)23-20-12-7-6-11-18(20)22(19)17-9-4-3-5-10-17/h2-15H,1H3/b8-2+. The molecule has 3 aromatic carbocycles. The fourth-order valence-electron chi connectivity index (χ4n) is 2.92. The van der Waals surface area contributed by atoms with Crippen LogP contribution < -0.4 is 4.90 Å². The molecule has 1 aliphatic rings. The van der Waals surface area contributed by atoms with Crippen molar-refractivity contribution >= 4 is 34.9 Å². The molecular weight excluding hydrogens is 298 g/mol. The van der Waals surface area contributed by atoms with Gasteiger partial charge in [0.25, 0.3) is 0 Å². The average molecular weight is 315 g/mol. The lowest BCUT2D eigenvalue weighted by atomic mass is 10.1. The molecule has 3 aromatic rings. The lowest BCUT2D eigenvalue weighted by Gasteiger charge is -2.33. The van der Waals surface area contributed by atoms with Gasteiger partial charge in [0, 0.05) is 15.5 Å². The summed E-state index contributed by atoms with van der Waals surface area (Å²) < 4.78 is 0. The summed E-state index contributed by atoms with van der Waals surface area (Å²) >= 11 is 1.85. The van der Waals surface area contributed by atoms with Gasteiger partial charge in [-0.05, 0) is 48.9 Å². The highest BCUT2D eigenvalue weighted by Gasteiger charge is 2.24. The highest BCUT2D eigenvalue weighted by Crippen LogP contribution is 2.51. The SMILES string of the molecule is C/C=C/c1ccc2c(c1)Sc1ccccc1N2c1ccccc1. The van der Waals surface area contributed by atoms with Gasteiger partial charge < -0.3 is 4.90 Å². The molecule has 1 heterocycles. The Kier molecular flexibility index (Phi) is 3.68. The van der Waals surface area contributed by atoms with Gasteiger partial charge in [0.15, 0.2) is 0 Å². The molecule has 0 fully saturated rings. The minimum absolute atomic E-state index is 1.19. The third-order valence-electron chi connectivity index (χ3n) is 3.92. The van der Waals surface area contributed by atoms with E-state index in [1.165, 1.54) is 32.4 Å². The van der Waals surface area contributed by atoms with Crippen LogP contribution >= 0.6 is 11.8 Å². The van der Waals surface area contributed by atoms with Crippen molar-refractivity contribution in [3.05, 3.63) is 84.4 Å². The van der Waals surface area contributed by atoms with E-state index < -0.39 is 0 Å². The number of hydrogen-bond donors (Lipinski definition) is 0. The van der Waals surface area contributed by atoms with Crippen molar-refractivity contribution in [3.8, 4) is 0 Å². The van der Waals surface area contributed by atoms with Crippen LogP contribution in [0.5, 0.6) is 0 Å². The molecule has 0 spiro atoms. The average Bonchev–Trinajstić information content (AvgIpc) is 2.60. The highest BCUT2D eigenvalue weighted by atomic mass is 32.2. The van der Waals surface area contributed by atoms with E-state index in [1.807, 2.05) is 11.8 Å². The van der Waals surface area contributed by atoms with E-state index in [4.69, 9.17) is 0 Å². The summed E-state index contributed by atoms with van der Waals surface area (Å²) in [4.78, 5) is 4.94. The van der Waals surface area contributed by atoms with Gasteiger partial charge in [-0.1, -0.05) is 60.3 Å². The van der Waals surface area contributed by atoms with Crippen LogP contribution in [0.3, 0.4) is 0 Å². The van der Waals surface area contributed by atoms with E-state index in [2.05, 4.69) is 96.8 Å². The lowest BCUT2D eigenvalue weighted by molar-refractivity contribution is 1.16. The maximum Gasteiger partial charge on any atom is 0.0602 e. The number of anilines is 3. The molecule has 0 saturated carbocycles. The first-order valence-electron chi connectivity index (χ1n) is 7.75. The molecule has 112 valence electrons.